The van der Waals surface area contributed by atoms with Crippen LogP contribution in [0.15, 0.2) is 6.33 Å². The zero-order chi connectivity index (χ0) is 11.4. The summed E-state index contributed by atoms with van der Waals surface area (Å²) in [5, 5.41) is 3.95. The predicted molar refractivity (Wildman–Crippen MR) is 57.3 cm³/mol. The van der Waals surface area contributed by atoms with E-state index in [1.165, 1.54) is 11.0 Å². The Morgan fingerprint density at radius 1 is 1.80 bits per heavy atom. The molecule has 0 saturated heterocycles. The van der Waals surface area contributed by atoms with Crippen molar-refractivity contribution in [3.63, 3.8) is 0 Å². The number of rotatable bonds is 4. The minimum Gasteiger partial charge on any atom is -0.464 e. The van der Waals surface area contributed by atoms with E-state index in [1.54, 1.807) is 13.8 Å². The lowest BCUT2D eigenvalue weighted by atomic mass is 10.3. The van der Waals surface area contributed by atoms with Gasteiger partial charge in [-0.15, -0.1) is 5.10 Å². The van der Waals surface area contributed by atoms with E-state index in [1.807, 2.05) is 0 Å². The molecular formula is C8H12N4O2S. The molecule has 0 spiro atoms. The first-order chi connectivity index (χ1) is 7.06. The van der Waals surface area contributed by atoms with Gasteiger partial charge in [-0.05, 0) is 13.8 Å². The minimum absolute atomic E-state index is 0.102. The molecule has 1 aromatic heterocycles. The summed E-state index contributed by atoms with van der Waals surface area (Å²) in [6.07, 6.45) is 1.40. The number of esters is 1. The van der Waals surface area contributed by atoms with E-state index >= 15 is 0 Å². The molecule has 1 heterocycles. The maximum absolute atomic E-state index is 11.3. The zero-order valence-electron chi connectivity index (χ0n) is 8.51. The topological polar surface area (TPSA) is 83.0 Å². The molecule has 0 saturated carbocycles. The van der Waals surface area contributed by atoms with Crippen molar-refractivity contribution in [1.29, 1.82) is 0 Å². The third kappa shape index (κ3) is 2.72. The summed E-state index contributed by atoms with van der Waals surface area (Å²) in [5.41, 5.74) is 5.34. The number of carbonyl (C=O) groups excluding carboxylic acids is 1. The number of ether oxygens (including phenoxy) is 1. The average molecular weight is 228 g/mol. The molecule has 0 radical (unpaired) electrons. The molecule has 1 atom stereocenters. The van der Waals surface area contributed by atoms with Gasteiger partial charge in [0.2, 0.25) is 5.82 Å². The number of carbonyl (C=O) groups is 1. The van der Waals surface area contributed by atoms with Gasteiger partial charge in [0.15, 0.2) is 0 Å². The van der Waals surface area contributed by atoms with Crippen molar-refractivity contribution < 1.29 is 9.53 Å². The first-order valence-electron chi connectivity index (χ1n) is 4.43. The van der Waals surface area contributed by atoms with Crippen LogP contribution in [0.1, 0.15) is 25.7 Å². The molecule has 1 aromatic rings. The number of hydrogen-bond acceptors (Lipinski definition) is 5. The van der Waals surface area contributed by atoms with Crippen LogP contribution in [0.2, 0.25) is 0 Å². The fourth-order valence-corrected chi connectivity index (χ4v) is 1.04. The fraction of sp³-hybridized carbons (Fsp3) is 0.500. The molecule has 1 rings (SSSR count). The first-order valence-corrected chi connectivity index (χ1v) is 4.84. The van der Waals surface area contributed by atoms with Crippen molar-refractivity contribution in [2.45, 2.75) is 19.9 Å². The Bertz CT molecular complexity index is 376. The summed E-state index contributed by atoms with van der Waals surface area (Å²) >= 11 is 4.70. The molecule has 0 aromatic carbocycles. The van der Waals surface area contributed by atoms with Gasteiger partial charge < -0.3 is 10.5 Å². The van der Waals surface area contributed by atoms with Gasteiger partial charge >= 0.3 is 5.97 Å². The number of thiocarbonyl (C=S) groups is 1. The molecule has 0 bridgehead atoms. The van der Waals surface area contributed by atoms with E-state index in [9.17, 15) is 4.79 Å². The lowest BCUT2D eigenvalue weighted by Crippen LogP contribution is -2.20. The van der Waals surface area contributed by atoms with Gasteiger partial charge in [-0.2, -0.15) is 0 Å². The van der Waals surface area contributed by atoms with Crippen LogP contribution in [0.5, 0.6) is 0 Å². The maximum Gasteiger partial charge on any atom is 0.330 e. The van der Waals surface area contributed by atoms with Crippen LogP contribution in [0.3, 0.4) is 0 Å². The summed E-state index contributed by atoms with van der Waals surface area (Å²) in [7, 11) is 0. The van der Waals surface area contributed by atoms with Gasteiger partial charge in [0.1, 0.15) is 17.4 Å². The van der Waals surface area contributed by atoms with Crippen LogP contribution in [0.25, 0.3) is 0 Å². The molecule has 0 amide bonds. The molecule has 0 aliphatic heterocycles. The van der Waals surface area contributed by atoms with Crippen molar-refractivity contribution in [3.05, 3.63) is 12.2 Å². The summed E-state index contributed by atoms with van der Waals surface area (Å²) in [6, 6.07) is -0.527. The molecule has 0 aliphatic carbocycles. The number of hydrogen-bond donors (Lipinski definition) is 1. The number of nitrogens with two attached hydrogens (primary N) is 1. The van der Waals surface area contributed by atoms with Crippen LogP contribution in [-0.2, 0) is 9.53 Å². The second-order valence-electron chi connectivity index (χ2n) is 2.84. The monoisotopic (exact) mass is 228 g/mol. The average Bonchev–Trinajstić information content (AvgIpc) is 2.65. The zero-order valence-corrected chi connectivity index (χ0v) is 9.32. The minimum atomic E-state index is -0.527. The molecule has 1 unspecified atom stereocenters. The van der Waals surface area contributed by atoms with Crippen molar-refractivity contribution in [3.8, 4) is 0 Å². The second kappa shape index (κ2) is 4.83. The Morgan fingerprint density at radius 3 is 2.93 bits per heavy atom. The van der Waals surface area contributed by atoms with Gasteiger partial charge in [-0.3, -0.25) is 0 Å². The SMILES string of the molecule is CCOC(=O)C(C)n1cnc(C(N)=S)n1. The maximum atomic E-state index is 11.3. The fourth-order valence-electron chi connectivity index (χ4n) is 0.945. The Balaban J connectivity index is 2.78. The van der Waals surface area contributed by atoms with E-state index in [2.05, 4.69) is 10.1 Å². The van der Waals surface area contributed by atoms with E-state index in [4.69, 9.17) is 22.7 Å². The summed E-state index contributed by atoms with van der Waals surface area (Å²) < 4.78 is 6.20. The van der Waals surface area contributed by atoms with Crippen LogP contribution in [-0.4, -0.2) is 32.3 Å². The smallest absolute Gasteiger partial charge is 0.330 e. The van der Waals surface area contributed by atoms with Crippen molar-refractivity contribution in [2.75, 3.05) is 6.61 Å². The highest BCUT2D eigenvalue weighted by Gasteiger charge is 2.17. The van der Waals surface area contributed by atoms with Crippen molar-refractivity contribution >= 4 is 23.2 Å². The van der Waals surface area contributed by atoms with E-state index in [0.717, 1.165) is 0 Å². The highest BCUT2D eigenvalue weighted by Crippen LogP contribution is 2.05. The second-order valence-corrected chi connectivity index (χ2v) is 3.28. The predicted octanol–water partition coefficient (Wildman–Crippen LogP) is 0.0364. The lowest BCUT2D eigenvalue weighted by molar-refractivity contribution is -0.146. The quantitative estimate of drug-likeness (QED) is 0.578. The van der Waals surface area contributed by atoms with Crippen LogP contribution >= 0.6 is 12.2 Å². The molecular weight excluding hydrogens is 216 g/mol. The van der Waals surface area contributed by atoms with Crippen LogP contribution < -0.4 is 5.73 Å². The van der Waals surface area contributed by atoms with Gasteiger partial charge in [0.05, 0.1) is 6.61 Å². The van der Waals surface area contributed by atoms with Gasteiger partial charge in [0.25, 0.3) is 0 Å². The van der Waals surface area contributed by atoms with Gasteiger partial charge in [-0.25, -0.2) is 14.5 Å². The summed E-state index contributed by atoms with van der Waals surface area (Å²) in [6.45, 7) is 3.74. The van der Waals surface area contributed by atoms with Crippen molar-refractivity contribution in [1.82, 2.24) is 14.8 Å². The molecule has 82 valence electrons. The van der Waals surface area contributed by atoms with Gasteiger partial charge in [0, 0.05) is 0 Å². The van der Waals surface area contributed by atoms with E-state index < -0.39 is 6.04 Å². The number of aromatic nitrogens is 3. The molecule has 15 heavy (non-hydrogen) atoms. The highest BCUT2D eigenvalue weighted by molar-refractivity contribution is 7.80. The molecule has 0 fully saturated rings. The molecule has 0 aliphatic rings. The standard InChI is InChI=1S/C8H12N4O2S/c1-3-14-8(13)5(2)12-4-10-7(11-12)6(9)15/h4-5H,3H2,1-2H3,(H2,9,15). The Morgan fingerprint density at radius 2 is 2.47 bits per heavy atom. The molecule has 2 N–H and O–H groups in total. The third-order valence-corrected chi connectivity index (χ3v) is 1.94. The Kier molecular flexibility index (Phi) is 3.73. The summed E-state index contributed by atoms with van der Waals surface area (Å²) in [4.78, 5) is 15.3. The first kappa shape index (κ1) is 11.6. The van der Waals surface area contributed by atoms with Crippen LogP contribution in [0.4, 0.5) is 0 Å². The van der Waals surface area contributed by atoms with Crippen LogP contribution in [0, 0.1) is 0 Å². The Hall–Kier alpha value is -1.50. The largest absolute Gasteiger partial charge is 0.464 e. The third-order valence-electron chi connectivity index (χ3n) is 1.75. The highest BCUT2D eigenvalue weighted by atomic mass is 32.1. The molecule has 7 heteroatoms. The van der Waals surface area contributed by atoms with E-state index in [0.29, 0.717) is 6.61 Å². The normalized spacial score (nSPS) is 12.1. The Labute approximate surface area is 92.4 Å². The van der Waals surface area contributed by atoms with Crippen molar-refractivity contribution in [2.24, 2.45) is 5.73 Å². The summed E-state index contributed by atoms with van der Waals surface area (Å²) in [5.74, 6) is -0.113. The lowest BCUT2D eigenvalue weighted by Gasteiger charge is -2.09. The number of nitrogens with zero attached hydrogens (tertiary/aromatic N) is 3. The molecule has 6 nitrogen and oxygen atoms in total. The van der Waals surface area contributed by atoms with E-state index in [-0.39, 0.29) is 16.8 Å². The van der Waals surface area contributed by atoms with Gasteiger partial charge in [-0.1, -0.05) is 12.2 Å².